The van der Waals surface area contributed by atoms with Gasteiger partial charge in [-0.1, -0.05) is 46.3 Å². The quantitative estimate of drug-likeness (QED) is 0.498. The molecule has 7 heteroatoms. The number of carbonyl (C=O) groups excluding carboxylic acids is 1. The zero-order valence-corrected chi connectivity index (χ0v) is 16.9. The third kappa shape index (κ3) is 3.82. The van der Waals surface area contributed by atoms with Crippen molar-refractivity contribution >= 4 is 33.6 Å². The van der Waals surface area contributed by atoms with Crippen LogP contribution in [0.4, 0.5) is 5.69 Å². The second kappa shape index (κ2) is 8.11. The Bertz CT molecular complexity index is 1150. The van der Waals surface area contributed by atoms with Crippen molar-refractivity contribution < 1.29 is 4.79 Å². The SMILES string of the molecule is Cc1c(NC(=O)/C(C#N)=C/c2ccc(Br)cc2)c(=O)n(-c2ccccc2)n1C. The molecule has 0 aliphatic rings. The number of rotatable bonds is 4. The number of nitriles is 1. The van der Waals surface area contributed by atoms with E-state index < -0.39 is 5.91 Å². The highest BCUT2D eigenvalue weighted by Crippen LogP contribution is 2.16. The highest BCUT2D eigenvalue weighted by atomic mass is 79.9. The van der Waals surface area contributed by atoms with Gasteiger partial charge in [-0.3, -0.25) is 14.3 Å². The molecule has 0 saturated heterocycles. The summed E-state index contributed by atoms with van der Waals surface area (Å²) in [6.45, 7) is 1.74. The van der Waals surface area contributed by atoms with Crippen LogP contribution in [0, 0.1) is 18.3 Å². The summed E-state index contributed by atoms with van der Waals surface area (Å²) < 4.78 is 4.03. The Morgan fingerprint density at radius 1 is 1.14 bits per heavy atom. The van der Waals surface area contributed by atoms with Crippen molar-refractivity contribution in [3.63, 3.8) is 0 Å². The summed E-state index contributed by atoms with van der Waals surface area (Å²) in [5.41, 5.74) is 1.68. The number of benzene rings is 2. The average Bonchev–Trinajstić information content (AvgIpc) is 2.91. The van der Waals surface area contributed by atoms with E-state index in [4.69, 9.17) is 0 Å². The number of anilines is 1. The average molecular weight is 437 g/mol. The van der Waals surface area contributed by atoms with Gasteiger partial charge in [0.15, 0.2) is 0 Å². The van der Waals surface area contributed by atoms with Gasteiger partial charge in [-0.25, -0.2) is 4.68 Å². The topological polar surface area (TPSA) is 79.8 Å². The molecule has 6 nitrogen and oxygen atoms in total. The minimum atomic E-state index is -0.628. The molecule has 3 rings (SSSR count). The predicted octanol–water partition coefficient (Wildman–Crippen LogP) is 3.79. The molecular weight excluding hydrogens is 420 g/mol. The summed E-state index contributed by atoms with van der Waals surface area (Å²) in [4.78, 5) is 25.5. The van der Waals surface area contributed by atoms with Gasteiger partial charge in [0.05, 0.1) is 11.4 Å². The van der Waals surface area contributed by atoms with E-state index in [0.29, 0.717) is 16.9 Å². The van der Waals surface area contributed by atoms with Gasteiger partial charge in [-0.2, -0.15) is 5.26 Å². The van der Waals surface area contributed by atoms with Crippen molar-refractivity contribution in [2.24, 2.45) is 7.05 Å². The van der Waals surface area contributed by atoms with Crippen molar-refractivity contribution in [2.45, 2.75) is 6.92 Å². The van der Waals surface area contributed by atoms with Crippen LogP contribution in [-0.4, -0.2) is 15.3 Å². The lowest BCUT2D eigenvalue weighted by molar-refractivity contribution is -0.112. The maximum absolute atomic E-state index is 12.9. The number of nitrogens with one attached hydrogen (secondary N) is 1. The highest BCUT2D eigenvalue weighted by Gasteiger charge is 2.19. The Balaban J connectivity index is 1.95. The summed E-state index contributed by atoms with van der Waals surface area (Å²) in [6, 6.07) is 18.2. The van der Waals surface area contributed by atoms with E-state index in [1.54, 1.807) is 42.9 Å². The number of hydrogen-bond acceptors (Lipinski definition) is 3. The molecule has 1 N–H and O–H groups in total. The number of halogens is 1. The van der Waals surface area contributed by atoms with Gasteiger partial charge in [-0.05, 0) is 42.8 Å². The first-order valence-electron chi connectivity index (χ1n) is 8.45. The summed E-state index contributed by atoms with van der Waals surface area (Å²) >= 11 is 3.34. The van der Waals surface area contributed by atoms with Gasteiger partial charge >= 0.3 is 0 Å². The Kier molecular flexibility index (Phi) is 5.62. The second-order valence-electron chi connectivity index (χ2n) is 6.11. The van der Waals surface area contributed by atoms with Crippen LogP contribution in [0.1, 0.15) is 11.3 Å². The van der Waals surface area contributed by atoms with Gasteiger partial charge in [0, 0.05) is 11.5 Å². The van der Waals surface area contributed by atoms with Crippen molar-refractivity contribution in [2.75, 3.05) is 5.32 Å². The van der Waals surface area contributed by atoms with E-state index in [2.05, 4.69) is 21.2 Å². The molecule has 3 aromatic rings. The van der Waals surface area contributed by atoms with Crippen molar-refractivity contribution in [3.05, 3.63) is 86.3 Å². The summed E-state index contributed by atoms with van der Waals surface area (Å²) in [5, 5.41) is 12.0. The molecule has 0 atom stereocenters. The third-order valence-electron chi connectivity index (χ3n) is 4.34. The summed E-state index contributed by atoms with van der Waals surface area (Å²) in [6.07, 6.45) is 1.48. The molecule has 0 fully saturated rings. The molecular formula is C21H17BrN4O2. The van der Waals surface area contributed by atoms with E-state index >= 15 is 0 Å². The number of amides is 1. The molecule has 0 unspecified atom stereocenters. The van der Waals surface area contributed by atoms with Crippen molar-refractivity contribution in [3.8, 4) is 11.8 Å². The molecule has 28 heavy (non-hydrogen) atoms. The zero-order chi connectivity index (χ0) is 20.3. The predicted molar refractivity (Wildman–Crippen MR) is 112 cm³/mol. The molecule has 0 saturated carbocycles. The minimum Gasteiger partial charge on any atom is -0.315 e. The molecule has 0 bridgehead atoms. The molecule has 2 aromatic carbocycles. The van der Waals surface area contributed by atoms with Gasteiger partial charge in [0.25, 0.3) is 11.5 Å². The third-order valence-corrected chi connectivity index (χ3v) is 4.87. The molecule has 0 radical (unpaired) electrons. The fourth-order valence-corrected chi connectivity index (χ4v) is 3.03. The van der Waals surface area contributed by atoms with Crippen LogP contribution in [0.3, 0.4) is 0 Å². The largest absolute Gasteiger partial charge is 0.315 e. The minimum absolute atomic E-state index is 0.0868. The van der Waals surface area contributed by atoms with E-state index in [0.717, 1.165) is 4.47 Å². The molecule has 1 heterocycles. The van der Waals surface area contributed by atoms with Crippen LogP contribution >= 0.6 is 15.9 Å². The number of para-hydroxylation sites is 1. The Hall–Kier alpha value is -3.37. The number of hydrogen-bond donors (Lipinski definition) is 1. The van der Waals surface area contributed by atoms with E-state index in [-0.39, 0.29) is 16.8 Å². The molecule has 1 amide bonds. The number of aromatic nitrogens is 2. The monoisotopic (exact) mass is 436 g/mol. The van der Waals surface area contributed by atoms with Gasteiger partial charge in [0.1, 0.15) is 17.3 Å². The molecule has 1 aromatic heterocycles. The first-order valence-corrected chi connectivity index (χ1v) is 9.24. The van der Waals surface area contributed by atoms with Crippen LogP contribution in [0.25, 0.3) is 11.8 Å². The Morgan fingerprint density at radius 2 is 1.79 bits per heavy atom. The zero-order valence-electron chi connectivity index (χ0n) is 15.3. The molecule has 0 spiro atoms. The van der Waals surface area contributed by atoms with Crippen LogP contribution in [0.15, 0.2) is 69.4 Å². The lowest BCUT2D eigenvalue weighted by Gasteiger charge is -2.07. The van der Waals surface area contributed by atoms with E-state index in [1.165, 1.54) is 10.8 Å². The lowest BCUT2D eigenvalue weighted by Crippen LogP contribution is -2.23. The van der Waals surface area contributed by atoms with E-state index in [1.807, 2.05) is 36.4 Å². The van der Waals surface area contributed by atoms with Crippen molar-refractivity contribution in [1.29, 1.82) is 5.26 Å². The van der Waals surface area contributed by atoms with Crippen LogP contribution in [0.5, 0.6) is 0 Å². The first-order chi connectivity index (χ1) is 13.4. The van der Waals surface area contributed by atoms with Crippen LogP contribution in [0.2, 0.25) is 0 Å². The molecule has 140 valence electrons. The standard InChI is InChI=1S/C21H17BrN4O2/c1-14-19(21(28)26(25(14)2)18-6-4-3-5-7-18)24-20(27)16(13-23)12-15-8-10-17(22)11-9-15/h3-12H,1-2H3,(H,24,27)/b16-12+. The second-order valence-corrected chi connectivity index (χ2v) is 7.03. The highest BCUT2D eigenvalue weighted by molar-refractivity contribution is 9.10. The summed E-state index contributed by atoms with van der Waals surface area (Å²) in [7, 11) is 1.74. The summed E-state index contributed by atoms with van der Waals surface area (Å²) in [5.74, 6) is -0.628. The number of nitrogens with zero attached hydrogens (tertiary/aromatic N) is 3. The van der Waals surface area contributed by atoms with Gasteiger partial charge in [0.2, 0.25) is 0 Å². The van der Waals surface area contributed by atoms with Crippen molar-refractivity contribution in [1.82, 2.24) is 9.36 Å². The van der Waals surface area contributed by atoms with E-state index in [9.17, 15) is 14.9 Å². The number of carbonyl (C=O) groups is 1. The van der Waals surface area contributed by atoms with Crippen LogP contribution < -0.4 is 10.9 Å². The van der Waals surface area contributed by atoms with Crippen LogP contribution in [-0.2, 0) is 11.8 Å². The first kappa shape index (κ1) is 19.4. The fourth-order valence-electron chi connectivity index (χ4n) is 2.77. The van der Waals surface area contributed by atoms with Gasteiger partial charge in [-0.15, -0.1) is 0 Å². The molecule has 0 aliphatic carbocycles. The van der Waals surface area contributed by atoms with Gasteiger partial charge < -0.3 is 5.32 Å². The fraction of sp³-hybridized carbons (Fsp3) is 0.0952. The Labute approximate surface area is 170 Å². The Morgan fingerprint density at radius 3 is 2.39 bits per heavy atom. The maximum Gasteiger partial charge on any atom is 0.295 e. The maximum atomic E-state index is 12.9. The smallest absolute Gasteiger partial charge is 0.295 e. The normalized spacial score (nSPS) is 11.1. The molecule has 0 aliphatic heterocycles. The lowest BCUT2D eigenvalue weighted by atomic mass is 10.1.